The summed E-state index contributed by atoms with van der Waals surface area (Å²) >= 11 is 4.93. The van der Waals surface area contributed by atoms with Crippen LogP contribution in [0.3, 0.4) is 0 Å². The first-order valence-electron chi connectivity index (χ1n) is 9.35. The summed E-state index contributed by atoms with van der Waals surface area (Å²) in [5.74, 6) is 1.96. The van der Waals surface area contributed by atoms with Gasteiger partial charge in [0.1, 0.15) is 11.6 Å². The highest BCUT2D eigenvalue weighted by Crippen LogP contribution is 2.31. The fraction of sp³-hybridized carbons (Fsp3) is 0.286. The van der Waals surface area contributed by atoms with Crippen LogP contribution in [0.5, 0.6) is 5.75 Å². The molecule has 1 aliphatic heterocycles. The lowest BCUT2D eigenvalue weighted by Gasteiger charge is -2.29. The standard InChI is InChI=1S/C21H21BrN4O2S/c1-14-23-24-21(26(14)17-6-8-18(28-2)9-7-17)29-13-20(27)25-11-3-4-15-12-16(22)5-10-19(15)25/h5-10,12H,3-4,11,13H2,1-2H3. The van der Waals surface area contributed by atoms with E-state index < -0.39 is 0 Å². The summed E-state index contributed by atoms with van der Waals surface area (Å²) in [4.78, 5) is 14.9. The van der Waals surface area contributed by atoms with Gasteiger partial charge in [0.2, 0.25) is 5.91 Å². The Morgan fingerprint density at radius 3 is 2.76 bits per heavy atom. The van der Waals surface area contributed by atoms with Crippen molar-refractivity contribution in [3.63, 3.8) is 0 Å². The van der Waals surface area contributed by atoms with Crippen LogP contribution in [0.15, 0.2) is 52.1 Å². The molecule has 0 saturated carbocycles. The van der Waals surface area contributed by atoms with Crippen molar-refractivity contribution in [1.29, 1.82) is 0 Å². The lowest BCUT2D eigenvalue weighted by molar-refractivity contribution is -0.116. The van der Waals surface area contributed by atoms with Gasteiger partial charge in [-0.3, -0.25) is 9.36 Å². The van der Waals surface area contributed by atoms with E-state index in [1.165, 1.54) is 17.3 Å². The summed E-state index contributed by atoms with van der Waals surface area (Å²) in [5, 5.41) is 9.18. The number of aryl methyl sites for hydroxylation is 2. The fourth-order valence-electron chi connectivity index (χ4n) is 3.49. The fourth-order valence-corrected chi connectivity index (χ4v) is 4.78. The van der Waals surface area contributed by atoms with Crippen molar-refractivity contribution in [3.05, 3.63) is 58.3 Å². The van der Waals surface area contributed by atoms with Crippen LogP contribution in [0.4, 0.5) is 5.69 Å². The molecule has 6 nitrogen and oxygen atoms in total. The molecule has 0 unspecified atom stereocenters. The zero-order chi connectivity index (χ0) is 20.4. The number of thioether (sulfide) groups is 1. The third-order valence-electron chi connectivity index (χ3n) is 4.91. The molecule has 0 saturated heterocycles. The Labute approximate surface area is 182 Å². The number of hydrogen-bond acceptors (Lipinski definition) is 5. The highest BCUT2D eigenvalue weighted by molar-refractivity contribution is 9.10. The van der Waals surface area contributed by atoms with E-state index in [9.17, 15) is 4.79 Å². The van der Waals surface area contributed by atoms with E-state index in [2.05, 4.69) is 32.2 Å². The van der Waals surface area contributed by atoms with Gasteiger partial charge in [-0.25, -0.2) is 0 Å². The molecule has 0 atom stereocenters. The van der Waals surface area contributed by atoms with Gasteiger partial charge < -0.3 is 9.64 Å². The normalized spacial score (nSPS) is 13.3. The minimum Gasteiger partial charge on any atom is -0.497 e. The van der Waals surface area contributed by atoms with E-state index in [1.54, 1.807) is 7.11 Å². The number of benzene rings is 2. The Morgan fingerprint density at radius 1 is 1.21 bits per heavy atom. The van der Waals surface area contributed by atoms with Crippen LogP contribution in [0.1, 0.15) is 17.8 Å². The largest absolute Gasteiger partial charge is 0.497 e. The van der Waals surface area contributed by atoms with Crippen molar-refractivity contribution >= 4 is 39.3 Å². The molecular formula is C21H21BrN4O2S. The molecule has 2 aromatic carbocycles. The van der Waals surface area contributed by atoms with Gasteiger partial charge in [-0.2, -0.15) is 0 Å². The molecule has 150 valence electrons. The lowest BCUT2D eigenvalue weighted by Crippen LogP contribution is -2.36. The van der Waals surface area contributed by atoms with Crippen molar-refractivity contribution in [3.8, 4) is 11.4 Å². The second kappa shape index (κ2) is 8.59. The summed E-state index contributed by atoms with van der Waals surface area (Å²) in [5.41, 5.74) is 3.16. The molecule has 0 aliphatic carbocycles. The molecular weight excluding hydrogens is 452 g/mol. The van der Waals surface area contributed by atoms with Gasteiger partial charge in [0.05, 0.1) is 12.9 Å². The Bertz CT molecular complexity index is 1040. The number of carbonyl (C=O) groups is 1. The SMILES string of the molecule is COc1ccc(-n2c(C)nnc2SCC(=O)N2CCCc3cc(Br)ccc32)cc1. The number of carbonyl (C=O) groups excluding carboxylic acids is 1. The molecule has 1 amide bonds. The van der Waals surface area contributed by atoms with E-state index in [4.69, 9.17) is 4.74 Å². The van der Waals surface area contributed by atoms with E-state index >= 15 is 0 Å². The lowest BCUT2D eigenvalue weighted by atomic mass is 10.0. The first-order chi connectivity index (χ1) is 14.1. The average Bonchev–Trinajstić information content (AvgIpc) is 3.11. The van der Waals surface area contributed by atoms with E-state index in [0.717, 1.165) is 46.8 Å². The molecule has 8 heteroatoms. The number of hydrogen-bond donors (Lipinski definition) is 0. The van der Waals surface area contributed by atoms with E-state index in [1.807, 2.05) is 52.8 Å². The van der Waals surface area contributed by atoms with Crippen molar-refractivity contribution in [2.45, 2.75) is 24.9 Å². The van der Waals surface area contributed by atoms with Gasteiger partial charge in [-0.1, -0.05) is 27.7 Å². The smallest absolute Gasteiger partial charge is 0.237 e. The maximum absolute atomic E-state index is 13.0. The first-order valence-corrected chi connectivity index (χ1v) is 11.1. The Balaban J connectivity index is 1.51. The Kier molecular flexibility index (Phi) is 5.91. The highest BCUT2D eigenvalue weighted by Gasteiger charge is 2.23. The molecule has 2 heterocycles. The second-order valence-electron chi connectivity index (χ2n) is 6.77. The number of anilines is 1. The summed E-state index contributed by atoms with van der Waals surface area (Å²) in [6, 6.07) is 13.8. The minimum atomic E-state index is 0.0835. The van der Waals surface area contributed by atoms with Crippen LogP contribution in [-0.2, 0) is 11.2 Å². The summed E-state index contributed by atoms with van der Waals surface area (Å²) in [6.07, 6.45) is 1.97. The maximum atomic E-state index is 13.0. The molecule has 0 radical (unpaired) electrons. The Morgan fingerprint density at radius 2 is 2.00 bits per heavy atom. The van der Waals surface area contributed by atoms with Crippen LogP contribution < -0.4 is 9.64 Å². The molecule has 1 aromatic heterocycles. The molecule has 0 fully saturated rings. The average molecular weight is 473 g/mol. The van der Waals surface area contributed by atoms with E-state index in [0.29, 0.717) is 10.9 Å². The second-order valence-corrected chi connectivity index (χ2v) is 8.63. The van der Waals surface area contributed by atoms with Gasteiger partial charge in [0.15, 0.2) is 5.16 Å². The minimum absolute atomic E-state index is 0.0835. The number of ether oxygens (including phenoxy) is 1. The van der Waals surface area contributed by atoms with Crippen molar-refractivity contribution in [2.75, 3.05) is 24.3 Å². The zero-order valence-corrected chi connectivity index (χ0v) is 18.7. The number of rotatable bonds is 5. The number of halogens is 1. The number of amides is 1. The van der Waals surface area contributed by atoms with Gasteiger partial charge in [-0.15, -0.1) is 10.2 Å². The molecule has 0 bridgehead atoms. The number of methoxy groups -OCH3 is 1. The molecule has 4 rings (SSSR count). The predicted octanol–water partition coefficient (Wildman–Crippen LogP) is 4.42. The summed E-state index contributed by atoms with van der Waals surface area (Å²) in [6.45, 7) is 2.65. The highest BCUT2D eigenvalue weighted by atomic mass is 79.9. The molecule has 1 aliphatic rings. The zero-order valence-electron chi connectivity index (χ0n) is 16.3. The van der Waals surface area contributed by atoms with E-state index in [-0.39, 0.29) is 5.91 Å². The number of nitrogens with zero attached hydrogens (tertiary/aromatic N) is 4. The van der Waals surface area contributed by atoms with Gasteiger partial charge in [-0.05, 0) is 67.8 Å². The summed E-state index contributed by atoms with van der Waals surface area (Å²) < 4.78 is 8.23. The van der Waals surface area contributed by atoms with Gasteiger partial charge >= 0.3 is 0 Å². The third kappa shape index (κ3) is 4.18. The van der Waals surface area contributed by atoms with Gasteiger partial charge in [0.25, 0.3) is 0 Å². The van der Waals surface area contributed by atoms with Gasteiger partial charge in [0, 0.05) is 22.4 Å². The monoisotopic (exact) mass is 472 g/mol. The van der Waals surface area contributed by atoms with Crippen LogP contribution in [0, 0.1) is 6.92 Å². The van der Waals surface area contributed by atoms with Crippen LogP contribution in [0.2, 0.25) is 0 Å². The van der Waals surface area contributed by atoms with Crippen LogP contribution in [0.25, 0.3) is 5.69 Å². The predicted molar refractivity (Wildman–Crippen MR) is 118 cm³/mol. The quantitative estimate of drug-likeness (QED) is 0.514. The molecule has 29 heavy (non-hydrogen) atoms. The van der Waals surface area contributed by atoms with Crippen molar-refractivity contribution in [2.24, 2.45) is 0 Å². The van der Waals surface area contributed by atoms with Crippen LogP contribution in [-0.4, -0.2) is 40.1 Å². The molecule has 3 aromatic rings. The van der Waals surface area contributed by atoms with Crippen molar-refractivity contribution in [1.82, 2.24) is 14.8 Å². The maximum Gasteiger partial charge on any atom is 0.237 e. The first kappa shape index (κ1) is 20.0. The number of fused-ring (bicyclic) bond motifs is 1. The molecule has 0 N–H and O–H groups in total. The van der Waals surface area contributed by atoms with Crippen LogP contribution >= 0.6 is 27.7 Å². The summed E-state index contributed by atoms with van der Waals surface area (Å²) in [7, 11) is 1.64. The number of aromatic nitrogens is 3. The van der Waals surface area contributed by atoms with Crippen molar-refractivity contribution < 1.29 is 9.53 Å². The third-order valence-corrected chi connectivity index (χ3v) is 6.32. The topological polar surface area (TPSA) is 60.2 Å². The molecule has 0 spiro atoms. The Hall–Kier alpha value is -2.32.